The molecule has 6 heteroatoms. The van der Waals surface area contributed by atoms with Crippen LogP contribution in [0.25, 0.3) is 0 Å². The highest BCUT2D eigenvalue weighted by Gasteiger charge is 2.23. The third kappa shape index (κ3) is 2.65. The van der Waals surface area contributed by atoms with Gasteiger partial charge in [-0.15, -0.1) is 0 Å². The van der Waals surface area contributed by atoms with Crippen LogP contribution in [0, 0.1) is 0 Å². The predicted molar refractivity (Wildman–Crippen MR) is 76.4 cm³/mol. The normalized spacial score (nSPS) is 13.8. The molecule has 0 saturated heterocycles. The summed E-state index contributed by atoms with van der Waals surface area (Å²) in [6, 6.07) is 6.70. The number of carbonyl (C=O) groups is 2. The Balaban J connectivity index is 1.86. The number of nitrogens with zero attached hydrogens (tertiary/aromatic N) is 2. The van der Waals surface area contributed by atoms with Crippen LogP contribution in [0.5, 0.6) is 0 Å². The fourth-order valence-corrected chi connectivity index (χ4v) is 2.63. The van der Waals surface area contributed by atoms with Crippen molar-refractivity contribution in [1.29, 1.82) is 0 Å². The van der Waals surface area contributed by atoms with E-state index >= 15 is 0 Å². The molecule has 3 rings (SSSR count). The molecule has 0 fully saturated rings. The fourth-order valence-electron chi connectivity index (χ4n) is 2.63. The minimum absolute atomic E-state index is 0.0109. The lowest BCUT2D eigenvalue weighted by atomic mass is 9.98. The Labute approximate surface area is 121 Å². The molecular formula is C15H15N3O3. The van der Waals surface area contributed by atoms with Gasteiger partial charge in [0, 0.05) is 24.1 Å². The number of aromatic nitrogens is 2. The minimum atomic E-state index is -0.946. The molecule has 108 valence electrons. The topological polar surface area (TPSA) is 86.3 Å². The highest BCUT2D eigenvalue weighted by Crippen LogP contribution is 2.28. The van der Waals surface area contributed by atoms with Crippen LogP contribution in [0.15, 0.2) is 30.5 Å². The summed E-state index contributed by atoms with van der Waals surface area (Å²) in [6.45, 7) is 0.659. The molecule has 2 aromatic rings. The van der Waals surface area contributed by atoms with Crippen LogP contribution in [0.1, 0.15) is 28.0 Å². The number of fused-ring (bicyclic) bond motifs is 1. The Morgan fingerprint density at radius 1 is 1.33 bits per heavy atom. The molecule has 0 aliphatic carbocycles. The first-order valence-electron chi connectivity index (χ1n) is 6.80. The van der Waals surface area contributed by atoms with Gasteiger partial charge in [0.05, 0.1) is 12.0 Å². The summed E-state index contributed by atoms with van der Waals surface area (Å²) in [5.41, 5.74) is 2.76. The number of aromatic carboxylic acids is 1. The lowest BCUT2D eigenvalue weighted by Gasteiger charge is -2.29. The molecule has 21 heavy (non-hydrogen) atoms. The first-order valence-corrected chi connectivity index (χ1v) is 6.80. The Morgan fingerprint density at radius 2 is 2.19 bits per heavy atom. The van der Waals surface area contributed by atoms with E-state index in [0.717, 1.165) is 29.8 Å². The van der Waals surface area contributed by atoms with E-state index in [4.69, 9.17) is 5.11 Å². The number of benzene rings is 1. The van der Waals surface area contributed by atoms with Gasteiger partial charge >= 0.3 is 5.97 Å². The Morgan fingerprint density at radius 3 is 2.90 bits per heavy atom. The number of aryl methyl sites for hydroxylation is 1. The summed E-state index contributed by atoms with van der Waals surface area (Å²) in [7, 11) is 0. The largest absolute Gasteiger partial charge is 0.478 e. The number of nitrogens with one attached hydrogen (secondary N) is 1. The van der Waals surface area contributed by atoms with Crippen molar-refractivity contribution in [2.75, 3.05) is 11.4 Å². The molecule has 0 bridgehead atoms. The molecule has 2 N–H and O–H groups in total. The van der Waals surface area contributed by atoms with Gasteiger partial charge in [-0.25, -0.2) is 4.79 Å². The van der Waals surface area contributed by atoms with Crippen molar-refractivity contribution >= 4 is 17.6 Å². The molecule has 6 nitrogen and oxygen atoms in total. The van der Waals surface area contributed by atoms with Gasteiger partial charge in [0.15, 0.2) is 0 Å². The van der Waals surface area contributed by atoms with Gasteiger partial charge < -0.3 is 10.0 Å². The number of hydrogen-bond acceptors (Lipinski definition) is 3. The van der Waals surface area contributed by atoms with E-state index in [0.29, 0.717) is 6.54 Å². The van der Waals surface area contributed by atoms with Crippen LogP contribution in [-0.4, -0.2) is 33.7 Å². The molecule has 0 saturated carbocycles. The second-order valence-corrected chi connectivity index (χ2v) is 5.06. The second kappa shape index (κ2) is 5.40. The number of anilines is 1. The number of H-pyrrole nitrogens is 1. The summed E-state index contributed by atoms with van der Waals surface area (Å²) in [6.07, 6.45) is 3.51. The molecular weight excluding hydrogens is 270 g/mol. The monoisotopic (exact) mass is 285 g/mol. The fraction of sp³-hybridized carbons (Fsp3) is 0.267. The lowest BCUT2D eigenvalue weighted by Crippen LogP contribution is -2.36. The summed E-state index contributed by atoms with van der Waals surface area (Å²) >= 11 is 0. The molecule has 0 spiro atoms. The van der Waals surface area contributed by atoms with E-state index in [-0.39, 0.29) is 17.9 Å². The van der Waals surface area contributed by atoms with Gasteiger partial charge in [0.1, 0.15) is 0 Å². The molecule has 1 aliphatic heterocycles. The number of rotatable bonds is 3. The van der Waals surface area contributed by atoms with Crippen LogP contribution in [0.2, 0.25) is 0 Å². The zero-order valence-electron chi connectivity index (χ0n) is 11.4. The summed E-state index contributed by atoms with van der Waals surface area (Å²) in [5, 5.41) is 15.7. The first kappa shape index (κ1) is 13.4. The highest BCUT2D eigenvalue weighted by molar-refractivity contribution is 5.97. The molecule has 1 aliphatic rings. The number of carboxylic acid groups (broad SMARTS) is 1. The average molecular weight is 285 g/mol. The van der Waals surface area contributed by atoms with Crippen molar-refractivity contribution in [2.24, 2.45) is 0 Å². The summed E-state index contributed by atoms with van der Waals surface area (Å²) in [5.74, 6) is -0.956. The highest BCUT2D eigenvalue weighted by atomic mass is 16.4. The van der Waals surface area contributed by atoms with Crippen molar-refractivity contribution in [3.63, 3.8) is 0 Å². The zero-order valence-corrected chi connectivity index (χ0v) is 11.4. The number of amides is 1. The third-order valence-electron chi connectivity index (χ3n) is 3.65. The first-order chi connectivity index (χ1) is 10.1. The average Bonchev–Trinajstić information content (AvgIpc) is 2.98. The van der Waals surface area contributed by atoms with Crippen LogP contribution >= 0.6 is 0 Å². The molecule has 0 atom stereocenters. The quantitative estimate of drug-likeness (QED) is 0.897. The SMILES string of the molecule is O=C(O)c1ccc2c(c1)CCCN2C(=O)Cc1ccn[nH]1. The molecule has 1 aromatic carbocycles. The Hall–Kier alpha value is -2.63. The molecule has 1 aromatic heterocycles. The van der Waals surface area contributed by atoms with E-state index in [1.807, 2.05) is 0 Å². The Kier molecular flexibility index (Phi) is 3.43. The summed E-state index contributed by atoms with van der Waals surface area (Å²) < 4.78 is 0. The van der Waals surface area contributed by atoms with Crippen molar-refractivity contribution in [3.05, 3.63) is 47.3 Å². The van der Waals surface area contributed by atoms with E-state index in [1.165, 1.54) is 0 Å². The van der Waals surface area contributed by atoms with Gasteiger partial charge in [-0.05, 0) is 42.7 Å². The van der Waals surface area contributed by atoms with E-state index in [2.05, 4.69) is 10.2 Å². The van der Waals surface area contributed by atoms with Crippen molar-refractivity contribution in [1.82, 2.24) is 10.2 Å². The number of hydrogen-bond donors (Lipinski definition) is 2. The standard InChI is InChI=1S/C15H15N3O3/c19-14(9-12-5-6-16-17-12)18-7-1-2-10-8-11(15(20)21)3-4-13(10)18/h3-6,8H,1-2,7,9H2,(H,16,17)(H,20,21). The van der Waals surface area contributed by atoms with E-state index < -0.39 is 5.97 Å². The van der Waals surface area contributed by atoms with Crippen molar-refractivity contribution in [3.8, 4) is 0 Å². The molecule has 1 amide bonds. The molecule has 0 radical (unpaired) electrons. The predicted octanol–water partition coefficient (Wildman–Crippen LogP) is 1.63. The second-order valence-electron chi connectivity index (χ2n) is 5.06. The van der Waals surface area contributed by atoms with Crippen LogP contribution in [-0.2, 0) is 17.6 Å². The third-order valence-corrected chi connectivity index (χ3v) is 3.65. The maximum Gasteiger partial charge on any atom is 0.335 e. The summed E-state index contributed by atoms with van der Waals surface area (Å²) in [4.78, 5) is 25.2. The minimum Gasteiger partial charge on any atom is -0.478 e. The van der Waals surface area contributed by atoms with E-state index in [9.17, 15) is 9.59 Å². The molecule has 2 heterocycles. The number of carboxylic acids is 1. The maximum absolute atomic E-state index is 12.4. The van der Waals surface area contributed by atoms with Crippen LogP contribution < -0.4 is 4.90 Å². The Bertz CT molecular complexity index is 679. The van der Waals surface area contributed by atoms with Crippen molar-refractivity contribution in [2.45, 2.75) is 19.3 Å². The lowest BCUT2D eigenvalue weighted by molar-refractivity contribution is -0.118. The molecule has 0 unspecified atom stereocenters. The van der Waals surface area contributed by atoms with Gasteiger partial charge in [0.25, 0.3) is 0 Å². The van der Waals surface area contributed by atoms with E-state index in [1.54, 1.807) is 35.4 Å². The van der Waals surface area contributed by atoms with Gasteiger partial charge in [-0.3, -0.25) is 9.89 Å². The number of aromatic amines is 1. The van der Waals surface area contributed by atoms with Gasteiger partial charge in [-0.1, -0.05) is 0 Å². The van der Waals surface area contributed by atoms with Crippen LogP contribution in [0.4, 0.5) is 5.69 Å². The van der Waals surface area contributed by atoms with Crippen molar-refractivity contribution < 1.29 is 14.7 Å². The number of carbonyl (C=O) groups excluding carboxylic acids is 1. The maximum atomic E-state index is 12.4. The van der Waals surface area contributed by atoms with Crippen LogP contribution in [0.3, 0.4) is 0 Å². The zero-order chi connectivity index (χ0) is 14.8. The van der Waals surface area contributed by atoms with Gasteiger partial charge in [0.2, 0.25) is 5.91 Å². The smallest absolute Gasteiger partial charge is 0.335 e. The van der Waals surface area contributed by atoms with Gasteiger partial charge in [-0.2, -0.15) is 5.10 Å².